The molecule has 1 aromatic carbocycles. The summed E-state index contributed by atoms with van der Waals surface area (Å²) in [7, 11) is 0. The topological polar surface area (TPSA) is 87.2 Å². The van der Waals surface area contributed by atoms with Gasteiger partial charge in [0, 0.05) is 23.7 Å². The van der Waals surface area contributed by atoms with Crippen LogP contribution in [0.5, 0.6) is 0 Å². The minimum absolute atomic E-state index is 0.0222. The van der Waals surface area contributed by atoms with Gasteiger partial charge in [-0.3, -0.25) is 14.9 Å². The van der Waals surface area contributed by atoms with Gasteiger partial charge < -0.3 is 4.90 Å². The van der Waals surface area contributed by atoms with Crippen LogP contribution in [0, 0.1) is 21.4 Å². The van der Waals surface area contributed by atoms with E-state index in [0.29, 0.717) is 0 Å². The van der Waals surface area contributed by atoms with E-state index in [9.17, 15) is 14.9 Å². The summed E-state index contributed by atoms with van der Waals surface area (Å²) in [4.78, 5) is 24.2. The van der Waals surface area contributed by atoms with Gasteiger partial charge in [0.05, 0.1) is 17.4 Å². The number of nitrogens with zero attached hydrogens (tertiary/aromatic N) is 3. The molecule has 1 aromatic rings. The van der Waals surface area contributed by atoms with Gasteiger partial charge in [-0.25, -0.2) is 0 Å². The molecule has 0 atom stereocenters. The molecular formula is C13H14ClN3O3. The summed E-state index contributed by atoms with van der Waals surface area (Å²) in [5.74, 6) is -0.474. The van der Waals surface area contributed by atoms with Crippen LogP contribution in [0.3, 0.4) is 0 Å². The molecule has 0 bridgehead atoms. The normalized spacial score (nSPS) is 10.2. The van der Waals surface area contributed by atoms with Crippen molar-refractivity contribution in [2.45, 2.75) is 26.3 Å². The molecule has 0 saturated carbocycles. The lowest BCUT2D eigenvalue weighted by Crippen LogP contribution is -2.37. The Bertz CT molecular complexity index is 566. The van der Waals surface area contributed by atoms with Crippen LogP contribution in [-0.4, -0.2) is 28.3 Å². The molecule has 0 radical (unpaired) electrons. The summed E-state index contributed by atoms with van der Waals surface area (Å²) >= 11 is 5.72. The molecule has 0 aliphatic heterocycles. The molecule has 1 rings (SSSR count). The Morgan fingerprint density at radius 2 is 2.20 bits per heavy atom. The number of halogens is 1. The number of rotatable bonds is 5. The second-order valence-electron chi connectivity index (χ2n) is 4.42. The fourth-order valence-electron chi connectivity index (χ4n) is 1.76. The van der Waals surface area contributed by atoms with Crippen LogP contribution >= 0.6 is 11.6 Å². The van der Waals surface area contributed by atoms with Gasteiger partial charge in [-0.2, -0.15) is 5.26 Å². The van der Waals surface area contributed by atoms with Gasteiger partial charge >= 0.3 is 0 Å². The van der Waals surface area contributed by atoms with E-state index in [4.69, 9.17) is 16.9 Å². The van der Waals surface area contributed by atoms with Crippen molar-refractivity contribution in [3.05, 3.63) is 38.9 Å². The Kier molecular flexibility index (Phi) is 5.47. The van der Waals surface area contributed by atoms with Gasteiger partial charge in [-0.05, 0) is 26.0 Å². The van der Waals surface area contributed by atoms with Crippen molar-refractivity contribution in [3.8, 4) is 6.07 Å². The van der Waals surface area contributed by atoms with Gasteiger partial charge in [0.2, 0.25) is 0 Å². The van der Waals surface area contributed by atoms with Crippen molar-refractivity contribution in [3.63, 3.8) is 0 Å². The third kappa shape index (κ3) is 3.68. The van der Waals surface area contributed by atoms with Crippen LogP contribution in [0.15, 0.2) is 18.2 Å². The number of hydrogen-bond acceptors (Lipinski definition) is 4. The first-order valence-corrected chi connectivity index (χ1v) is 6.38. The third-order valence-electron chi connectivity index (χ3n) is 2.74. The first kappa shape index (κ1) is 15.9. The van der Waals surface area contributed by atoms with E-state index in [1.807, 2.05) is 6.07 Å². The molecule has 0 fully saturated rings. The smallest absolute Gasteiger partial charge is 0.283 e. The highest BCUT2D eigenvalue weighted by Crippen LogP contribution is 2.25. The Morgan fingerprint density at radius 1 is 1.55 bits per heavy atom. The zero-order chi connectivity index (χ0) is 15.3. The van der Waals surface area contributed by atoms with Crippen molar-refractivity contribution in [2.24, 2.45) is 0 Å². The van der Waals surface area contributed by atoms with Crippen LogP contribution in [0.1, 0.15) is 30.6 Å². The van der Waals surface area contributed by atoms with Gasteiger partial charge in [-0.1, -0.05) is 11.6 Å². The second kappa shape index (κ2) is 6.87. The zero-order valence-corrected chi connectivity index (χ0v) is 11.9. The predicted molar refractivity (Wildman–Crippen MR) is 74.5 cm³/mol. The Labute approximate surface area is 121 Å². The van der Waals surface area contributed by atoms with E-state index in [2.05, 4.69) is 0 Å². The molecule has 0 spiro atoms. The molecule has 0 aromatic heterocycles. The molecule has 0 heterocycles. The lowest BCUT2D eigenvalue weighted by molar-refractivity contribution is -0.385. The molecular weight excluding hydrogens is 282 g/mol. The number of benzene rings is 1. The van der Waals surface area contributed by atoms with Gasteiger partial charge in [-0.15, -0.1) is 0 Å². The molecule has 6 nitrogen and oxygen atoms in total. The Morgan fingerprint density at radius 3 is 2.70 bits per heavy atom. The molecule has 0 N–H and O–H groups in total. The van der Waals surface area contributed by atoms with Crippen LogP contribution in [-0.2, 0) is 0 Å². The van der Waals surface area contributed by atoms with Crippen molar-refractivity contribution in [1.82, 2.24) is 4.90 Å². The number of carbonyl (C=O) groups is 1. The lowest BCUT2D eigenvalue weighted by Gasteiger charge is -2.25. The summed E-state index contributed by atoms with van der Waals surface area (Å²) in [6.07, 6.45) is 0.172. The fourth-order valence-corrected chi connectivity index (χ4v) is 1.92. The maximum absolute atomic E-state index is 12.4. The number of nitro benzene ring substituents is 1. The Balaban J connectivity index is 3.18. The zero-order valence-electron chi connectivity index (χ0n) is 11.2. The van der Waals surface area contributed by atoms with E-state index >= 15 is 0 Å². The lowest BCUT2D eigenvalue weighted by atomic mass is 10.1. The highest BCUT2D eigenvalue weighted by molar-refractivity contribution is 6.31. The van der Waals surface area contributed by atoms with Crippen molar-refractivity contribution >= 4 is 23.2 Å². The minimum atomic E-state index is -0.637. The summed E-state index contributed by atoms with van der Waals surface area (Å²) in [6.45, 7) is 3.81. The third-order valence-corrected chi connectivity index (χ3v) is 2.97. The van der Waals surface area contributed by atoms with E-state index in [-0.39, 0.29) is 35.3 Å². The summed E-state index contributed by atoms with van der Waals surface area (Å²) < 4.78 is 0. The second-order valence-corrected chi connectivity index (χ2v) is 4.86. The van der Waals surface area contributed by atoms with E-state index in [1.54, 1.807) is 13.8 Å². The number of nitriles is 1. The molecule has 1 amide bonds. The maximum Gasteiger partial charge on any atom is 0.283 e. The fraction of sp³-hybridized carbons (Fsp3) is 0.385. The quantitative estimate of drug-likeness (QED) is 0.617. The highest BCUT2D eigenvalue weighted by atomic mass is 35.5. The van der Waals surface area contributed by atoms with E-state index < -0.39 is 10.8 Å². The first-order valence-electron chi connectivity index (χ1n) is 6.00. The summed E-state index contributed by atoms with van der Waals surface area (Å²) in [5.41, 5.74) is -0.351. The average Bonchev–Trinajstić information content (AvgIpc) is 2.38. The average molecular weight is 296 g/mol. The minimum Gasteiger partial charge on any atom is -0.335 e. The largest absolute Gasteiger partial charge is 0.335 e. The van der Waals surface area contributed by atoms with Gasteiger partial charge in [0.1, 0.15) is 5.56 Å². The Hall–Kier alpha value is -2.13. The molecule has 106 valence electrons. The first-order chi connectivity index (χ1) is 9.38. The van der Waals surface area contributed by atoms with Crippen LogP contribution in [0.2, 0.25) is 5.02 Å². The number of carbonyl (C=O) groups excluding carboxylic acids is 1. The summed E-state index contributed by atoms with van der Waals surface area (Å²) in [6, 6.07) is 5.72. The number of nitro groups is 1. The molecule has 0 saturated heterocycles. The van der Waals surface area contributed by atoms with Crippen molar-refractivity contribution in [1.29, 1.82) is 5.26 Å². The summed E-state index contributed by atoms with van der Waals surface area (Å²) in [5, 5.41) is 19.8. The van der Waals surface area contributed by atoms with Crippen LogP contribution < -0.4 is 0 Å². The standard InChI is InChI=1S/C13H14ClN3O3/c1-9(2)16(7-3-6-15)13(18)11-5-4-10(14)8-12(11)17(19)20/h4-5,8-9H,3,7H2,1-2H3. The number of amides is 1. The van der Waals surface area contributed by atoms with Gasteiger partial charge in [0.15, 0.2) is 0 Å². The van der Waals surface area contributed by atoms with E-state index in [1.165, 1.54) is 17.0 Å². The van der Waals surface area contributed by atoms with Crippen molar-refractivity contribution in [2.75, 3.05) is 6.54 Å². The van der Waals surface area contributed by atoms with Crippen LogP contribution in [0.25, 0.3) is 0 Å². The maximum atomic E-state index is 12.4. The molecule has 0 aliphatic rings. The molecule has 20 heavy (non-hydrogen) atoms. The number of hydrogen-bond donors (Lipinski definition) is 0. The molecule has 0 unspecified atom stereocenters. The van der Waals surface area contributed by atoms with E-state index in [0.717, 1.165) is 6.07 Å². The predicted octanol–water partition coefficient (Wildman–Crippen LogP) is 3.01. The SMILES string of the molecule is CC(C)N(CCC#N)C(=O)c1ccc(Cl)cc1[N+](=O)[O-]. The monoisotopic (exact) mass is 295 g/mol. The van der Waals surface area contributed by atoms with Gasteiger partial charge in [0.25, 0.3) is 11.6 Å². The highest BCUT2D eigenvalue weighted by Gasteiger charge is 2.26. The molecule has 7 heteroatoms. The molecule has 0 aliphatic carbocycles. The van der Waals surface area contributed by atoms with Crippen molar-refractivity contribution < 1.29 is 9.72 Å². The van der Waals surface area contributed by atoms with Crippen LogP contribution in [0.4, 0.5) is 5.69 Å².